The van der Waals surface area contributed by atoms with E-state index < -0.39 is 10.8 Å². The van der Waals surface area contributed by atoms with E-state index in [-0.39, 0.29) is 17.2 Å². The summed E-state index contributed by atoms with van der Waals surface area (Å²) in [6, 6.07) is 7.12. The number of aromatic nitrogens is 2. The molecule has 146 valence electrons. The number of anilines is 1. The van der Waals surface area contributed by atoms with Crippen molar-refractivity contribution in [3.05, 3.63) is 68.4 Å². The van der Waals surface area contributed by atoms with Crippen molar-refractivity contribution < 1.29 is 18.9 Å². The number of ether oxygens (including phenoxy) is 1. The molecule has 0 radical (unpaired) electrons. The first-order valence-corrected chi connectivity index (χ1v) is 8.60. The van der Waals surface area contributed by atoms with E-state index in [9.17, 15) is 14.9 Å². The van der Waals surface area contributed by atoms with Crippen LogP contribution in [-0.4, -0.2) is 27.7 Å². The van der Waals surface area contributed by atoms with Gasteiger partial charge >= 0.3 is 0 Å². The molecule has 1 amide bonds. The predicted octanol–water partition coefficient (Wildman–Crippen LogP) is 3.96. The molecule has 3 rings (SSSR count). The minimum atomic E-state index is -0.543. The molecule has 0 aliphatic heterocycles. The van der Waals surface area contributed by atoms with Crippen molar-refractivity contribution >= 4 is 28.9 Å². The smallest absolute Gasteiger partial charge is 0.291 e. The Labute approximate surface area is 165 Å². The van der Waals surface area contributed by atoms with Gasteiger partial charge in [-0.1, -0.05) is 11.6 Å². The van der Waals surface area contributed by atoms with E-state index in [4.69, 9.17) is 20.8 Å². The fraction of sp³-hybridized carbons (Fsp3) is 0.222. The Morgan fingerprint density at radius 2 is 2.11 bits per heavy atom. The number of furan rings is 1. The maximum atomic E-state index is 12.5. The molecule has 10 heteroatoms. The van der Waals surface area contributed by atoms with Gasteiger partial charge in [-0.05, 0) is 32.0 Å². The molecule has 0 bridgehead atoms. The van der Waals surface area contributed by atoms with Crippen LogP contribution in [0.3, 0.4) is 0 Å². The van der Waals surface area contributed by atoms with Crippen molar-refractivity contribution in [2.24, 2.45) is 0 Å². The van der Waals surface area contributed by atoms with Crippen molar-refractivity contribution in [2.75, 3.05) is 12.4 Å². The third-order valence-corrected chi connectivity index (χ3v) is 4.68. The summed E-state index contributed by atoms with van der Waals surface area (Å²) in [6.07, 6.45) is 0. The van der Waals surface area contributed by atoms with Crippen LogP contribution in [0.5, 0.6) is 5.75 Å². The predicted molar refractivity (Wildman–Crippen MR) is 102 cm³/mol. The molecule has 2 heterocycles. The molecular formula is C18H17ClN4O5. The number of hydrogen-bond donors (Lipinski definition) is 1. The summed E-state index contributed by atoms with van der Waals surface area (Å²) in [6.45, 7) is 3.98. The monoisotopic (exact) mass is 404 g/mol. The summed E-state index contributed by atoms with van der Waals surface area (Å²) in [7, 11) is 1.36. The van der Waals surface area contributed by atoms with E-state index in [0.29, 0.717) is 28.7 Å². The number of hydrogen-bond acceptors (Lipinski definition) is 6. The van der Waals surface area contributed by atoms with Crippen LogP contribution in [0, 0.1) is 24.0 Å². The van der Waals surface area contributed by atoms with Crippen LogP contribution in [0.25, 0.3) is 0 Å². The van der Waals surface area contributed by atoms with Crippen molar-refractivity contribution in [2.45, 2.75) is 20.4 Å². The molecule has 3 aromatic rings. The van der Waals surface area contributed by atoms with Gasteiger partial charge < -0.3 is 14.5 Å². The van der Waals surface area contributed by atoms with Gasteiger partial charge in [-0.25, -0.2) is 0 Å². The average Bonchev–Trinajstić information content (AvgIpc) is 3.23. The maximum Gasteiger partial charge on any atom is 0.291 e. The van der Waals surface area contributed by atoms with E-state index in [1.807, 2.05) is 13.8 Å². The number of benzene rings is 1. The van der Waals surface area contributed by atoms with Gasteiger partial charge in [0.1, 0.15) is 11.5 Å². The second kappa shape index (κ2) is 7.73. The van der Waals surface area contributed by atoms with Crippen LogP contribution in [0.1, 0.15) is 27.7 Å². The summed E-state index contributed by atoms with van der Waals surface area (Å²) in [5.41, 5.74) is 1.67. The zero-order valence-corrected chi connectivity index (χ0v) is 16.1. The van der Waals surface area contributed by atoms with Gasteiger partial charge in [-0.15, -0.1) is 0 Å². The van der Waals surface area contributed by atoms with Crippen LogP contribution in [0.4, 0.5) is 11.4 Å². The Balaban J connectivity index is 1.76. The molecule has 0 atom stereocenters. The molecule has 9 nitrogen and oxygen atoms in total. The molecule has 1 aromatic carbocycles. The lowest BCUT2D eigenvalue weighted by Crippen LogP contribution is -2.12. The summed E-state index contributed by atoms with van der Waals surface area (Å²) < 4.78 is 12.4. The van der Waals surface area contributed by atoms with E-state index in [0.717, 1.165) is 5.69 Å². The van der Waals surface area contributed by atoms with Gasteiger partial charge in [-0.2, -0.15) is 5.10 Å². The minimum absolute atomic E-state index is 0.0861. The lowest BCUT2D eigenvalue weighted by Gasteiger charge is -2.09. The SMILES string of the molecule is COc1cc([N+](=O)[O-])ccc1NC(=O)c1ccc(Cn2nc(C)c(Cl)c2C)o1. The second-order valence-electron chi connectivity index (χ2n) is 6.00. The molecule has 0 aliphatic carbocycles. The number of carbonyl (C=O) groups excluding carboxylic acids is 1. The molecule has 1 N–H and O–H groups in total. The summed E-state index contributed by atoms with van der Waals surface area (Å²) >= 11 is 6.14. The van der Waals surface area contributed by atoms with Gasteiger partial charge in [0.05, 0.1) is 46.7 Å². The zero-order valence-electron chi connectivity index (χ0n) is 15.4. The number of nitrogens with zero attached hydrogens (tertiary/aromatic N) is 3. The van der Waals surface area contributed by atoms with E-state index >= 15 is 0 Å². The summed E-state index contributed by atoms with van der Waals surface area (Å²) in [5, 5.41) is 18.4. The second-order valence-corrected chi connectivity index (χ2v) is 6.38. The van der Waals surface area contributed by atoms with Gasteiger partial charge in [-0.3, -0.25) is 19.6 Å². The molecule has 0 unspecified atom stereocenters. The molecular weight excluding hydrogens is 388 g/mol. The van der Waals surface area contributed by atoms with E-state index in [1.54, 1.807) is 10.7 Å². The van der Waals surface area contributed by atoms with Gasteiger partial charge in [0.2, 0.25) is 0 Å². The molecule has 0 aliphatic rings. The number of amides is 1. The van der Waals surface area contributed by atoms with Crippen LogP contribution in [0.2, 0.25) is 5.02 Å². The number of carbonyl (C=O) groups is 1. The average molecular weight is 405 g/mol. The van der Waals surface area contributed by atoms with Crippen LogP contribution in [0.15, 0.2) is 34.7 Å². The van der Waals surface area contributed by atoms with E-state index in [1.165, 1.54) is 31.4 Å². The Morgan fingerprint density at radius 3 is 2.71 bits per heavy atom. The first-order valence-electron chi connectivity index (χ1n) is 8.22. The molecule has 0 spiro atoms. The van der Waals surface area contributed by atoms with Gasteiger partial charge in [0.15, 0.2) is 5.76 Å². The fourth-order valence-electron chi connectivity index (χ4n) is 2.64. The first-order chi connectivity index (χ1) is 13.3. The highest BCUT2D eigenvalue weighted by Gasteiger charge is 2.17. The highest BCUT2D eigenvalue weighted by atomic mass is 35.5. The summed E-state index contributed by atoms with van der Waals surface area (Å²) in [4.78, 5) is 22.8. The number of halogens is 1. The molecule has 0 saturated carbocycles. The maximum absolute atomic E-state index is 12.5. The topological polar surface area (TPSA) is 112 Å². The third kappa shape index (κ3) is 3.84. The molecule has 0 saturated heterocycles. The van der Waals surface area contributed by atoms with E-state index in [2.05, 4.69) is 10.4 Å². The number of methoxy groups -OCH3 is 1. The lowest BCUT2D eigenvalue weighted by molar-refractivity contribution is -0.384. The Bertz CT molecular complexity index is 1060. The first kappa shape index (κ1) is 19.4. The van der Waals surface area contributed by atoms with Crippen LogP contribution in [-0.2, 0) is 6.54 Å². The summed E-state index contributed by atoms with van der Waals surface area (Å²) in [5.74, 6) is 0.280. The zero-order chi connectivity index (χ0) is 20.4. The van der Waals surface area contributed by atoms with Gasteiger partial charge in [0.25, 0.3) is 11.6 Å². The van der Waals surface area contributed by atoms with Crippen molar-refractivity contribution in [3.8, 4) is 5.75 Å². The minimum Gasteiger partial charge on any atom is -0.494 e. The third-order valence-electron chi connectivity index (χ3n) is 4.13. The van der Waals surface area contributed by atoms with Crippen LogP contribution >= 0.6 is 11.6 Å². The highest BCUT2D eigenvalue weighted by molar-refractivity contribution is 6.31. The Hall–Kier alpha value is -3.33. The lowest BCUT2D eigenvalue weighted by atomic mass is 10.2. The number of nitrogens with one attached hydrogen (secondary N) is 1. The van der Waals surface area contributed by atoms with Crippen molar-refractivity contribution in [1.29, 1.82) is 0 Å². The largest absolute Gasteiger partial charge is 0.494 e. The Kier molecular flexibility index (Phi) is 5.36. The normalized spacial score (nSPS) is 10.7. The quantitative estimate of drug-likeness (QED) is 0.491. The molecule has 2 aromatic heterocycles. The van der Waals surface area contributed by atoms with Crippen molar-refractivity contribution in [3.63, 3.8) is 0 Å². The molecule has 28 heavy (non-hydrogen) atoms. The number of nitro groups is 1. The van der Waals surface area contributed by atoms with Gasteiger partial charge in [0, 0.05) is 6.07 Å². The molecule has 0 fully saturated rings. The van der Waals surface area contributed by atoms with Crippen LogP contribution < -0.4 is 10.1 Å². The highest BCUT2D eigenvalue weighted by Crippen LogP contribution is 2.29. The van der Waals surface area contributed by atoms with Crippen molar-refractivity contribution in [1.82, 2.24) is 9.78 Å². The number of aryl methyl sites for hydroxylation is 1. The fourth-order valence-corrected chi connectivity index (χ4v) is 2.78. The number of rotatable bonds is 6. The number of non-ortho nitro benzene ring substituents is 1. The number of nitro benzene ring substituents is 1. The Morgan fingerprint density at radius 1 is 1.36 bits per heavy atom. The standard InChI is InChI=1S/C18H17ClN4O5/c1-10-17(19)11(2)22(21-10)9-13-5-7-15(28-13)18(24)20-14-6-4-12(23(25)26)8-16(14)27-3/h4-8H,9H2,1-3H3,(H,20,24).